The predicted octanol–water partition coefficient (Wildman–Crippen LogP) is 3.81. The smallest absolute Gasteiger partial charge is 0.00683 e. The van der Waals surface area contributed by atoms with Gasteiger partial charge in [-0.1, -0.05) is 39.0 Å². The largest absolute Gasteiger partial charge is 0.314 e. The van der Waals surface area contributed by atoms with Crippen molar-refractivity contribution in [2.24, 2.45) is 5.92 Å². The molecule has 2 heteroatoms. The lowest BCUT2D eigenvalue weighted by Crippen LogP contribution is -2.40. The van der Waals surface area contributed by atoms with Crippen LogP contribution in [0, 0.1) is 5.92 Å². The molecule has 0 amide bonds. The van der Waals surface area contributed by atoms with Gasteiger partial charge in [0.05, 0.1) is 0 Å². The zero-order chi connectivity index (χ0) is 13.3. The number of hydrogen-bond acceptors (Lipinski definition) is 2. The van der Waals surface area contributed by atoms with E-state index in [1.54, 1.807) is 0 Å². The minimum atomic E-state index is 0.883. The summed E-state index contributed by atoms with van der Waals surface area (Å²) in [4.78, 5) is 2.72. The second-order valence-corrected chi connectivity index (χ2v) is 6.76. The summed E-state index contributed by atoms with van der Waals surface area (Å²) in [7, 11) is 0. The van der Waals surface area contributed by atoms with E-state index in [1.165, 1.54) is 90.4 Å². The van der Waals surface area contributed by atoms with Crippen LogP contribution in [0.4, 0.5) is 0 Å². The molecule has 2 rings (SSSR count). The van der Waals surface area contributed by atoms with Crippen LogP contribution in [-0.4, -0.2) is 37.1 Å². The molecule has 0 radical (unpaired) electrons. The Morgan fingerprint density at radius 1 is 1.00 bits per heavy atom. The molecular weight excluding hydrogens is 232 g/mol. The van der Waals surface area contributed by atoms with Gasteiger partial charge in [-0.15, -0.1) is 0 Å². The Labute approximate surface area is 120 Å². The molecule has 1 unspecified atom stereocenters. The number of hydrogen-bond donors (Lipinski definition) is 1. The average Bonchev–Trinajstić information content (AvgIpc) is 3.25. The Bertz CT molecular complexity index is 225. The van der Waals surface area contributed by atoms with Crippen molar-refractivity contribution in [3.8, 4) is 0 Å². The second kappa shape index (κ2) is 8.97. The SMILES string of the molecule is CCCCCCCCN1CCCC(CNC2CC2)C1. The first-order valence-electron chi connectivity index (χ1n) is 8.84. The molecule has 1 saturated heterocycles. The van der Waals surface area contributed by atoms with Gasteiger partial charge < -0.3 is 10.2 Å². The summed E-state index contributed by atoms with van der Waals surface area (Å²) in [6.07, 6.45) is 14.3. The van der Waals surface area contributed by atoms with Crippen molar-refractivity contribution in [1.29, 1.82) is 0 Å². The molecule has 0 aromatic rings. The number of rotatable bonds is 10. The summed E-state index contributed by atoms with van der Waals surface area (Å²) >= 11 is 0. The molecule has 2 aliphatic rings. The summed E-state index contributed by atoms with van der Waals surface area (Å²) in [5.74, 6) is 0.925. The summed E-state index contributed by atoms with van der Waals surface area (Å²) in [6.45, 7) is 7.64. The van der Waals surface area contributed by atoms with Gasteiger partial charge in [0.2, 0.25) is 0 Å². The van der Waals surface area contributed by atoms with Crippen molar-refractivity contribution in [3.05, 3.63) is 0 Å². The van der Waals surface area contributed by atoms with E-state index in [1.807, 2.05) is 0 Å². The van der Waals surface area contributed by atoms with Crippen LogP contribution in [0.2, 0.25) is 0 Å². The standard InChI is InChI=1S/C17H34N2/c1-2-3-4-5-6-7-12-19-13-8-9-16(15-19)14-18-17-10-11-17/h16-18H,2-15H2,1H3. The van der Waals surface area contributed by atoms with Crippen molar-refractivity contribution in [2.75, 3.05) is 26.2 Å². The average molecular weight is 266 g/mol. The van der Waals surface area contributed by atoms with E-state index >= 15 is 0 Å². The second-order valence-electron chi connectivity index (χ2n) is 6.76. The van der Waals surface area contributed by atoms with Gasteiger partial charge in [0, 0.05) is 12.6 Å². The van der Waals surface area contributed by atoms with E-state index in [-0.39, 0.29) is 0 Å². The molecule has 2 nitrogen and oxygen atoms in total. The fourth-order valence-corrected chi connectivity index (χ4v) is 3.26. The fraction of sp³-hybridized carbons (Fsp3) is 1.00. The fourth-order valence-electron chi connectivity index (χ4n) is 3.26. The van der Waals surface area contributed by atoms with Gasteiger partial charge in [-0.3, -0.25) is 0 Å². The van der Waals surface area contributed by atoms with Crippen molar-refractivity contribution in [2.45, 2.75) is 77.2 Å². The molecule has 0 aromatic carbocycles. The van der Waals surface area contributed by atoms with Crippen molar-refractivity contribution in [1.82, 2.24) is 10.2 Å². The van der Waals surface area contributed by atoms with E-state index < -0.39 is 0 Å². The third-order valence-corrected chi connectivity index (χ3v) is 4.70. The predicted molar refractivity (Wildman–Crippen MR) is 83.6 cm³/mol. The molecule has 1 saturated carbocycles. The Hall–Kier alpha value is -0.0800. The minimum absolute atomic E-state index is 0.883. The summed E-state index contributed by atoms with van der Waals surface area (Å²) in [6, 6.07) is 0.883. The van der Waals surface area contributed by atoms with Crippen molar-refractivity contribution >= 4 is 0 Å². The van der Waals surface area contributed by atoms with E-state index in [0.29, 0.717) is 0 Å². The maximum Gasteiger partial charge on any atom is 0.00683 e. The molecule has 1 atom stereocenters. The number of unbranched alkanes of at least 4 members (excludes halogenated alkanes) is 5. The summed E-state index contributed by atoms with van der Waals surface area (Å²) < 4.78 is 0. The molecule has 0 aromatic heterocycles. The van der Waals surface area contributed by atoms with Crippen LogP contribution < -0.4 is 5.32 Å². The highest BCUT2D eigenvalue weighted by Crippen LogP contribution is 2.21. The molecule has 1 aliphatic carbocycles. The lowest BCUT2D eigenvalue weighted by atomic mass is 9.97. The normalized spacial score (nSPS) is 24.8. The van der Waals surface area contributed by atoms with Gasteiger partial charge in [-0.05, 0) is 57.7 Å². The number of nitrogens with one attached hydrogen (secondary N) is 1. The van der Waals surface area contributed by atoms with Crippen LogP contribution in [0.3, 0.4) is 0 Å². The van der Waals surface area contributed by atoms with Gasteiger partial charge in [-0.25, -0.2) is 0 Å². The quantitative estimate of drug-likeness (QED) is 0.605. The van der Waals surface area contributed by atoms with Gasteiger partial charge in [0.1, 0.15) is 0 Å². The van der Waals surface area contributed by atoms with Gasteiger partial charge in [0.15, 0.2) is 0 Å². The Morgan fingerprint density at radius 2 is 1.79 bits per heavy atom. The molecule has 1 N–H and O–H groups in total. The van der Waals surface area contributed by atoms with Gasteiger partial charge >= 0.3 is 0 Å². The van der Waals surface area contributed by atoms with Crippen LogP contribution >= 0.6 is 0 Å². The minimum Gasteiger partial charge on any atom is -0.314 e. The van der Waals surface area contributed by atoms with E-state index in [9.17, 15) is 0 Å². The summed E-state index contributed by atoms with van der Waals surface area (Å²) in [5, 5.41) is 3.71. The Morgan fingerprint density at radius 3 is 2.58 bits per heavy atom. The van der Waals surface area contributed by atoms with E-state index in [4.69, 9.17) is 0 Å². The topological polar surface area (TPSA) is 15.3 Å². The van der Waals surface area contributed by atoms with Crippen LogP contribution in [0.5, 0.6) is 0 Å². The monoisotopic (exact) mass is 266 g/mol. The zero-order valence-electron chi connectivity index (χ0n) is 13.0. The van der Waals surface area contributed by atoms with E-state index in [0.717, 1.165) is 12.0 Å². The zero-order valence-corrected chi connectivity index (χ0v) is 13.0. The van der Waals surface area contributed by atoms with Crippen molar-refractivity contribution in [3.63, 3.8) is 0 Å². The molecular formula is C17H34N2. The number of likely N-dealkylation sites (tertiary alicyclic amines) is 1. The maximum absolute atomic E-state index is 3.71. The molecule has 0 spiro atoms. The molecule has 1 heterocycles. The van der Waals surface area contributed by atoms with Crippen LogP contribution in [-0.2, 0) is 0 Å². The van der Waals surface area contributed by atoms with Crippen LogP contribution in [0.15, 0.2) is 0 Å². The lowest BCUT2D eigenvalue weighted by Gasteiger charge is -2.33. The number of nitrogens with zero attached hydrogens (tertiary/aromatic N) is 1. The molecule has 0 bridgehead atoms. The highest BCUT2D eigenvalue weighted by atomic mass is 15.1. The third-order valence-electron chi connectivity index (χ3n) is 4.70. The van der Waals surface area contributed by atoms with Crippen LogP contribution in [0.1, 0.15) is 71.1 Å². The first-order chi connectivity index (χ1) is 9.38. The molecule has 112 valence electrons. The lowest BCUT2D eigenvalue weighted by molar-refractivity contribution is 0.169. The first-order valence-corrected chi connectivity index (χ1v) is 8.84. The Kier molecular flexibility index (Phi) is 7.23. The Balaban J connectivity index is 1.48. The van der Waals surface area contributed by atoms with E-state index in [2.05, 4.69) is 17.1 Å². The molecule has 1 aliphatic heterocycles. The molecule has 19 heavy (non-hydrogen) atoms. The van der Waals surface area contributed by atoms with Crippen molar-refractivity contribution < 1.29 is 0 Å². The highest BCUT2D eigenvalue weighted by Gasteiger charge is 2.24. The molecule has 2 fully saturated rings. The van der Waals surface area contributed by atoms with Crippen LogP contribution in [0.25, 0.3) is 0 Å². The summed E-state index contributed by atoms with van der Waals surface area (Å²) in [5.41, 5.74) is 0. The van der Waals surface area contributed by atoms with Gasteiger partial charge in [0.25, 0.3) is 0 Å². The highest BCUT2D eigenvalue weighted by molar-refractivity contribution is 4.83. The first kappa shape index (κ1) is 15.3. The third kappa shape index (κ3) is 6.76. The number of piperidine rings is 1. The van der Waals surface area contributed by atoms with Gasteiger partial charge in [-0.2, -0.15) is 0 Å². The maximum atomic E-state index is 3.71.